The number of benzene rings is 1. The summed E-state index contributed by atoms with van der Waals surface area (Å²) in [5, 5.41) is 2.71. The van der Waals surface area contributed by atoms with E-state index in [1.54, 1.807) is 31.2 Å². The maximum atomic E-state index is 12.0. The third-order valence-corrected chi connectivity index (χ3v) is 3.06. The summed E-state index contributed by atoms with van der Waals surface area (Å²) in [6, 6.07) is 6.37. The van der Waals surface area contributed by atoms with Crippen LogP contribution in [0.4, 0.5) is 5.69 Å². The standard InChI is InChI=1S/C13H17N3O3/c1-9-13(18)15-6-7-16(9)12(17)8-19-11-4-2-10(14)3-5-11/h2-5,9H,6-8,14H2,1H3,(H,15,18). The molecule has 1 aliphatic rings. The quantitative estimate of drug-likeness (QED) is 0.751. The van der Waals surface area contributed by atoms with Crippen LogP contribution in [0.15, 0.2) is 24.3 Å². The van der Waals surface area contributed by atoms with Crippen molar-refractivity contribution in [1.29, 1.82) is 0 Å². The van der Waals surface area contributed by atoms with E-state index in [4.69, 9.17) is 10.5 Å². The van der Waals surface area contributed by atoms with E-state index >= 15 is 0 Å². The molecule has 0 radical (unpaired) electrons. The number of hydrogen-bond acceptors (Lipinski definition) is 4. The van der Waals surface area contributed by atoms with Crippen LogP contribution in [0, 0.1) is 0 Å². The summed E-state index contributed by atoms with van der Waals surface area (Å²) >= 11 is 0. The van der Waals surface area contributed by atoms with Gasteiger partial charge in [0.2, 0.25) is 5.91 Å². The third kappa shape index (κ3) is 3.15. The lowest BCUT2D eigenvalue weighted by molar-refractivity contribution is -0.143. The number of hydrogen-bond donors (Lipinski definition) is 2. The summed E-state index contributed by atoms with van der Waals surface area (Å²) in [4.78, 5) is 25.0. The van der Waals surface area contributed by atoms with E-state index < -0.39 is 6.04 Å². The minimum Gasteiger partial charge on any atom is -0.484 e. The largest absolute Gasteiger partial charge is 0.484 e. The van der Waals surface area contributed by atoms with Crippen molar-refractivity contribution >= 4 is 17.5 Å². The molecule has 0 aromatic heterocycles. The predicted octanol–water partition coefficient (Wildman–Crippen LogP) is -0.00550. The Morgan fingerprint density at radius 1 is 1.47 bits per heavy atom. The monoisotopic (exact) mass is 263 g/mol. The number of ether oxygens (including phenoxy) is 1. The van der Waals surface area contributed by atoms with Gasteiger partial charge in [-0.25, -0.2) is 0 Å². The second-order valence-electron chi connectivity index (χ2n) is 4.41. The highest BCUT2D eigenvalue weighted by Crippen LogP contribution is 2.13. The maximum absolute atomic E-state index is 12.0. The molecular weight excluding hydrogens is 246 g/mol. The molecule has 0 saturated carbocycles. The van der Waals surface area contributed by atoms with Crippen LogP contribution >= 0.6 is 0 Å². The van der Waals surface area contributed by atoms with Crippen LogP contribution in [0.2, 0.25) is 0 Å². The lowest BCUT2D eigenvalue weighted by atomic mass is 10.2. The lowest BCUT2D eigenvalue weighted by Gasteiger charge is -2.32. The topological polar surface area (TPSA) is 84.7 Å². The van der Waals surface area contributed by atoms with E-state index in [1.807, 2.05) is 0 Å². The number of nitrogens with zero attached hydrogens (tertiary/aromatic N) is 1. The second kappa shape index (κ2) is 5.60. The molecule has 0 bridgehead atoms. The summed E-state index contributed by atoms with van der Waals surface area (Å²) in [5.74, 6) is 0.253. The molecule has 0 aliphatic carbocycles. The van der Waals surface area contributed by atoms with Crippen LogP contribution < -0.4 is 15.8 Å². The first-order valence-corrected chi connectivity index (χ1v) is 6.13. The molecule has 1 saturated heterocycles. The van der Waals surface area contributed by atoms with Gasteiger partial charge in [0.1, 0.15) is 11.8 Å². The van der Waals surface area contributed by atoms with E-state index in [2.05, 4.69) is 5.32 Å². The summed E-state index contributed by atoms with van der Waals surface area (Å²) in [5.41, 5.74) is 6.20. The van der Waals surface area contributed by atoms with Crippen LogP contribution in [-0.4, -0.2) is 42.5 Å². The summed E-state index contributed by atoms with van der Waals surface area (Å²) in [7, 11) is 0. The zero-order valence-corrected chi connectivity index (χ0v) is 10.8. The Kier molecular flexibility index (Phi) is 3.89. The molecule has 6 heteroatoms. The first-order valence-electron chi connectivity index (χ1n) is 6.13. The fraction of sp³-hybridized carbons (Fsp3) is 0.385. The SMILES string of the molecule is CC1C(=O)NCCN1C(=O)COc1ccc(N)cc1. The average Bonchev–Trinajstić information content (AvgIpc) is 2.41. The van der Waals surface area contributed by atoms with Crippen molar-refractivity contribution in [2.45, 2.75) is 13.0 Å². The molecule has 1 aromatic carbocycles. The molecule has 0 spiro atoms. The van der Waals surface area contributed by atoms with Crippen molar-refractivity contribution in [3.63, 3.8) is 0 Å². The number of amides is 2. The van der Waals surface area contributed by atoms with Gasteiger partial charge in [-0.2, -0.15) is 0 Å². The third-order valence-electron chi connectivity index (χ3n) is 3.06. The van der Waals surface area contributed by atoms with Crippen LogP contribution in [-0.2, 0) is 9.59 Å². The zero-order valence-electron chi connectivity index (χ0n) is 10.8. The smallest absolute Gasteiger partial charge is 0.261 e. The first kappa shape index (κ1) is 13.2. The van der Waals surface area contributed by atoms with Gasteiger partial charge >= 0.3 is 0 Å². The van der Waals surface area contributed by atoms with Gasteiger partial charge in [-0.3, -0.25) is 9.59 Å². The van der Waals surface area contributed by atoms with Crippen LogP contribution in [0.5, 0.6) is 5.75 Å². The van der Waals surface area contributed by atoms with E-state index in [0.29, 0.717) is 24.5 Å². The molecule has 1 aliphatic heterocycles. The molecule has 19 heavy (non-hydrogen) atoms. The van der Waals surface area contributed by atoms with Crippen molar-refractivity contribution < 1.29 is 14.3 Å². The molecule has 1 atom stereocenters. The molecule has 1 aromatic rings. The Bertz CT molecular complexity index is 473. The average molecular weight is 263 g/mol. The Labute approximate surface area is 111 Å². The summed E-state index contributed by atoms with van der Waals surface area (Å²) < 4.78 is 5.38. The molecule has 102 valence electrons. The van der Waals surface area contributed by atoms with Crippen molar-refractivity contribution in [3.8, 4) is 5.75 Å². The highest BCUT2D eigenvalue weighted by molar-refractivity contribution is 5.89. The molecule has 1 heterocycles. The molecule has 2 amide bonds. The van der Waals surface area contributed by atoms with Crippen LogP contribution in [0.1, 0.15) is 6.92 Å². The second-order valence-corrected chi connectivity index (χ2v) is 4.41. The van der Waals surface area contributed by atoms with Crippen molar-refractivity contribution in [1.82, 2.24) is 10.2 Å². The fourth-order valence-electron chi connectivity index (χ4n) is 1.92. The lowest BCUT2D eigenvalue weighted by Crippen LogP contribution is -2.56. The number of nitrogen functional groups attached to an aromatic ring is 1. The van der Waals surface area contributed by atoms with Gasteiger partial charge in [-0.05, 0) is 31.2 Å². The van der Waals surface area contributed by atoms with Crippen LogP contribution in [0.25, 0.3) is 0 Å². The van der Waals surface area contributed by atoms with Gasteiger partial charge in [0, 0.05) is 18.8 Å². The molecular formula is C13H17N3O3. The van der Waals surface area contributed by atoms with Gasteiger partial charge in [0.05, 0.1) is 0 Å². The van der Waals surface area contributed by atoms with Gasteiger partial charge in [-0.15, -0.1) is 0 Å². The van der Waals surface area contributed by atoms with Crippen molar-refractivity contribution in [2.75, 3.05) is 25.4 Å². The summed E-state index contributed by atoms with van der Waals surface area (Å²) in [6.07, 6.45) is 0. The van der Waals surface area contributed by atoms with Gasteiger partial charge in [-0.1, -0.05) is 0 Å². The number of carbonyl (C=O) groups is 2. The number of nitrogens with two attached hydrogens (primary N) is 1. The molecule has 6 nitrogen and oxygen atoms in total. The highest BCUT2D eigenvalue weighted by Gasteiger charge is 2.29. The molecule has 1 fully saturated rings. The number of nitrogens with one attached hydrogen (secondary N) is 1. The minimum atomic E-state index is -0.448. The normalized spacial score (nSPS) is 18.9. The highest BCUT2D eigenvalue weighted by atomic mass is 16.5. The van der Waals surface area contributed by atoms with Crippen LogP contribution in [0.3, 0.4) is 0 Å². The molecule has 2 rings (SSSR count). The Balaban J connectivity index is 1.90. The van der Waals surface area contributed by atoms with E-state index in [-0.39, 0.29) is 18.4 Å². The molecule has 3 N–H and O–H groups in total. The van der Waals surface area contributed by atoms with E-state index in [1.165, 1.54) is 4.90 Å². The molecule has 1 unspecified atom stereocenters. The van der Waals surface area contributed by atoms with E-state index in [9.17, 15) is 9.59 Å². The Morgan fingerprint density at radius 3 is 2.84 bits per heavy atom. The minimum absolute atomic E-state index is 0.0818. The van der Waals surface area contributed by atoms with Gasteiger partial charge in [0.15, 0.2) is 6.61 Å². The maximum Gasteiger partial charge on any atom is 0.261 e. The summed E-state index contributed by atoms with van der Waals surface area (Å²) in [6.45, 7) is 2.62. The van der Waals surface area contributed by atoms with Gasteiger partial charge in [0.25, 0.3) is 5.91 Å². The van der Waals surface area contributed by atoms with Crippen molar-refractivity contribution in [3.05, 3.63) is 24.3 Å². The van der Waals surface area contributed by atoms with E-state index in [0.717, 1.165) is 0 Å². The zero-order chi connectivity index (χ0) is 13.8. The van der Waals surface area contributed by atoms with Gasteiger partial charge < -0.3 is 20.7 Å². The Hall–Kier alpha value is -2.24. The number of carbonyl (C=O) groups excluding carboxylic acids is 2. The number of anilines is 1. The Morgan fingerprint density at radius 2 is 2.16 bits per heavy atom. The fourth-order valence-corrected chi connectivity index (χ4v) is 1.92. The van der Waals surface area contributed by atoms with Crippen molar-refractivity contribution in [2.24, 2.45) is 0 Å². The predicted molar refractivity (Wildman–Crippen MR) is 70.5 cm³/mol. The number of piperazine rings is 1. The first-order chi connectivity index (χ1) is 9.08. The number of rotatable bonds is 3.